The zero-order chi connectivity index (χ0) is 29.1. The lowest BCUT2D eigenvalue weighted by atomic mass is 10.0. The normalized spacial score (nSPS) is 13.9. The summed E-state index contributed by atoms with van der Waals surface area (Å²) in [6.45, 7) is 1.45. The summed E-state index contributed by atoms with van der Waals surface area (Å²) in [4.78, 5) is 29.3. The van der Waals surface area contributed by atoms with E-state index in [0.717, 1.165) is 22.1 Å². The summed E-state index contributed by atoms with van der Waals surface area (Å²) in [5.74, 6) is -1.77. The highest BCUT2D eigenvalue weighted by Crippen LogP contribution is 2.47. The number of carbonyl (C=O) groups is 2. The van der Waals surface area contributed by atoms with E-state index in [1.165, 1.54) is 4.68 Å². The van der Waals surface area contributed by atoms with Crippen molar-refractivity contribution >= 4 is 50.7 Å². The molecule has 1 saturated carbocycles. The molecule has 1 aliphatic carbocycles. The van der Waals surface area contributed by atoms with Gasteiger partial charge in [-0.25, -0.2) is 13.8 Å². The molecule has 4 aromatic heterocycles. The maximum Gasteiger partial charge on any atom is 0.436 e. The van der Waals surface area contributed by atoms with Gasteiger partial charge in [-0.2, -0.15) is 23.4 Å². The minimum absolute atomic E-state index is 0.0269. The van der Waals surface area contributed by atoms with Crippen LogP contribution < -0.4 is 11.1 Å². The number of nitrogens with two attached hydrogens (primary N) is 1. The van der Waals surface area contributed by atoms with Crippen molar-refractivity contribution < 1.29 is 31.5 Å². The first-order valence-corrected chi connectivity index (χ1v) is 13.1. The third kappa shape index (κ3) is 5.14. The highest BCUT2D eigenvalue weighted by molar-refractivity contribution is 7.21. The van der Waals surface area contributed by atoms with Gasteiger partial charge in [0, 0.05) is 36.5 Å². The molecule has 1 aliphatic rings. The molecule has 5 rings (SSSR count). The molecule has 0 spiro atoms. The lowest BCUT2D eigenvalue weighted by Crippen LogP contribution is -2.19. The van der Waals surface area contributed by atoms with Crippen molar-refractivity contribution in [3.8, 4) is 11.1 Å². The molecule has 40 heavy (non-hydrogen) atoms. The Morgan fingerprint density at radius 3 is 2.50 bits per heavy atom. The molecule has 9 nitrogen and oxygen atoms in total. The van der Waals surface area contributed by atoms with Crippen LogP contribution in [0.15, 0.2) is 12.3 Å². The molecule has 4 aromatic rings. The zero-order valence-corrected chi connectivity index (χ0v) is 22.5. The van der Waals surface area contributed by atoms with Gasteiger partial charge in [0.25, 0.3) is 12.3 Å². The first-order chi connectivity index (χ1) is 18.8. The van der Waals surface area contributed by atoms with Gasteiger partial charge in [0.15, 0.2) is 5.69 Å². The Morgan fingerprint density at radius 1 is 1.25 bits per heavy atom. The van der Waals surface area contributed by atoms with Crippen molar-refractivity contribution in [2.75, 3.05) is 5.32 Å². The fraction of sp³-hybridized carbons (Fsp3) is 0.375. The molecule has 0 atom stereocenters. The Hall–Kier alpha value is -3.59. The number of pyridine rings is 1. The Bertz CT molecular complexity index is 1660. The third-order valence-electron chi connectivity index (χ3n) is 6.41. The van der Waals surface area contributed by atoms with Crippen molar-refractivity contribution in [1.29, 1.82) is 0 Å². The van der Waals surface area contributed by atoms with Gasteiger partial charge in [0.1, 0.15) is 15.4 Å². The molecule has 4 heterocycles. The van der Waals surface area contributed by atoms with Crippen LogP contribution in [0.1, 0.15) is 64.1 Å². The number of aryl methyl sites for hydroxylation is 3. The lowest BCUT2D eigenvalue weighted by molar-refractivity contribution is -0.141. The molecule has 0 bridgehead atoms. The van der Waals surface area contributed by atoms with Gasteiger partial charge < -0.3 is 11.1 Å². The Morgan fingerprint density at radius 2 is 1.95 bits per heavy atom. The second-order valence-electron chi connectivity index (χ2n) is 9.39. The molecule has 3 N–H and O–H groups in total. The number of nitrogens with zero attached hydrogens (tertiary/aromatic N) is 5. The minimum atomic E-state index is -4.76. The van der Waals surface area contributed by atoms with Gasteiger partial charge in [-0.05, 0) is 31.4 Å². The van der Waals surface area contributed by atoms with E-state index in [2.05, 4.69) is 20.5 Å². The maximum atomic E-state index is 13.7. The first kappa shape index (κ1) is 28.0. The number of hydrogen-bond acceptors (Lipinski definition) is 6. The average molecular weight is 602 g/mol. The van der Waals surface area contributed by atoms with E-state index < -0.39 is 40.8 Å². The molecule has 0 aliphatic heterocycles. The second kappa shape index (κ2) is 10.1. The zero-order valence-electron chi connectivity index (χ0n) is 20.9. The van der Waals surface area contributed by atoms with Crippen LogP contribution in [-0.4, -0.2) is 36.4 Å². The Balaban J connectivity index is 1.52. The van der Waals surface area contributed by atoms with Crippen molar-refractivity contribution in [3.05, 3.63) is 44.9 Å². The number of carbonyl (C=O) groups excluding carboxylic acids is 2. The number of rotatable bonds is 8. The summed E-state index contributed by atoms with van der Waals surface area (Å²) in [7, 11) is 1.65. The summed E-state index contributed by atoms with van der Waals surface area (Å²) in [5.41, 5.74) is 5.23. The van der Waals surface area contributed by atoms with E-state index in [-0.39, 0.29) is 50.9 Å². The number of amides is 2. The lowest BCUT2D eigenvalue weighted by Gasteiger charge is -2.11. The van der Waals surface area contributed by atoms with Crippen molar-refractivity contribution in [3.63, 3.8) is 0 Å². The number of fused-ring (bicyclic) bond motifs is 1. The molecular weight excluding hydrogens is 581 g/mol. The van der Waals surface area contributed by atoms with Gasteiger partial charge >= 0.3 is 6.18 Å². The van der Waals surface area contributed by atoms with Crippen LogP contribution in [0.4, 0.5) is 27.6 Å². The number of thiophene rings is 1. The van der Waals surface area contributed by atoms with Crippen molar-refractivity contribution in [1.82, 2.24) is 24.5 Å². The predicted molar refractivity (Wildman–Crippen MR) is 137 cm³/mol. The molecule has 0 aromatic carbocycles. The van der Waals surface area contributed by atoms with Crippen LogP contribution in [-0.2, 0) is 24.6 Å². The van der Waals surface area contributed by atoms with Gasteiger partial charge in [-0.1, -0.05) is 11.6 Å². The molecule has 0 saturated heterocycles. The quantitative estimate of drug-likeness (QED) is 0.247. The van der Waals surface area contributed by atoms with E-state index in [0.29, 0.717) is 24.1 Å². The van der Waals surface area contributed by atoms with Gasteiger partial charge in [0.05, 0.1) is 28.6 Å². The molecular formula is C24H21ClF5N7O2S. The molecule has 212 valence electrons. The highest BCUT2D eigenvalue weighted by Gasteiger charge is 2.42. The van der Waals surface area contributed by atoms with Crippen LogP contribution in [0.25, 0.3) is 21.3 Å². The number of anilines is 1. The number of aromatic nitrogens is 5. The number of nitrogens with one attached hydrogen (secondary N) is 1. The molecule has 1 fully saturated rings. The summed E-state index contributed by atoms with van der Waals surface area (Å²) >= 11 is 6.75. The molecule has 2 amide bonds. The third-order valence-corrected chi connectivity index (χ3v) is 7.88. The number of alkyl halides is 5. The molecule has 0 radical (unpaired) electrons. The Labute approximate surface area is 232 Å². The van der Waals surface area contributed by atoms with E-state index in [1.807, 2.05) is 0 Å². The van der Waals surface area contributed by atoms with Gasteiger partial charge in [0.2, 0.25) is 5.91 Å². The number of primary amides is 1. The maximum absolute atomic E-state index is 13.7. The van der Waals surface area contributed by atoms with Crippen molar-refractivity contribution in [2.45, 2.75) is 51.3 Å². The second-order valence-corrected chi connectivity index (χ2v) is 10.8. The highest BCUT2D eigenvalue weighted by atomic mass is 35.5. The standard InChI is InChI=1S/C24H21ClF5N7O2S/c1-9-12(8-36(2)34-9)11-7-13(21(26)27)32-23-15(11)17(19(40-23)22(31)39)33-14(38)5-6-37-18(10-3-4-10)16(25)20(35-37)24(28,29)30/h7-8,10,21H,3-6H2,1-2H3,(H2,31,39)(H,33,38). The summed E-state index contributed by atoms with van der Waals surface area (Å²) in [6, 6.07) is 1.16. The topological polar surface area (TPSA) is 121 Å². The predicted octanol–water partition coefficient (Wildman–Crippen LogP) is 5.82. The Kier molecular flexibility index (Phi) is 7.06. The largest absolute Gasteiger partial charge is 0.436 e. The average Bonchev–Trinajstić information content (AvgIpc) is 3.41. The van der Waals surface area contributed by atoms with Crippen molar-refractivity contribution in [2.24, 2.45) is 12.8 Å². The van der Waals surface area contributed by atoms with E-state index >= 15 is 0 Å². The summed E-state index contributed by atoms with van der Waals surface area (Å²) < 4.78 is 70.2. The van der Waals surface area contributed by atoms with E-state index in [1.54, 1.807) is 20.2 Å². The molecule has 16 heteroatoms. The number of halogens is 6. The smallest absolute Gasteiger partial charge is 0.365 e. The van der Waals surface area contributed by atoms with Crippen LogP contribution in [0.2, 0.25) is 5.02 Å². The van der Waals surface area contributed by atoms with Crippen LogP contribution in [0, 0.1) is 6.92 Å². The summed E-state index contributed by atoms with van der Waals surface area (Å²) in [5, 5.41) is 10.2. The van der Waals surface area contributed by atoms with E-state index in [9.17, 15) is 31.5 Å². The number of hydrogen-bond donors (Lipinski definition) is 2. The van der Waals surface area contributed by atoms with Crippen LogP contribution in [0.3, 0.4) is 0 Å². The molecule has 0 unspecified atom stereocenters. The monoisotopic (exact) mass is 601 g/mol. The van der Waals surface area contributed by atoms with E-state index in [4.69, 9.17) is 17.3 Å². The fourth-order valence-electron chi connectivity index (χ4n) is 4.56. The summed E-state index contributed by atoms with van der Waals surface area (Å²) in [6.07, 6.45) is -5.09. The SMILES string of the molecule is Cc1nn(C)cc1-c1cc(C(F)F)nc2sc(C(N)=O)c(NC(=O)CCn3nc(C(F)(F)F)c(Cl)c3C3CC3)c12. The van der Waals surface area contributed by atoms with Gasteiger partial charge in [-0.3, -0.25) is 19.0 Å². The van der Waals surface area contributed by atoms with Crippen LogP contribution >= 0.6 is 22.9 Å². The van der Waals surface area contributed by atoms with Crippen LogP contribution in [0.5, 0.6) is 0 Å². The first-order valence-electron chi connectivity index (χ1n) is 12.0. The fourth-order valence-corrected chi connectivity index (χ4v) is 5.97. The van der Waals surface area contributed by atoms with Gasteiger partial charge in [-0.15, -0.1) is 11.3 Å². The minimum Gasteiger partial charge on any atom is -0.365 e.